The molecule has 0 spiro atoms. The fourth-order valence-electron chi connectivity index (χ4n) is 0.348. The molecule has 0 atom stereocenters. The zero-order valence-corrected chi connectivity index (χ0v) is 6.66. The lowest BCUT2D eigenvalue weighted by Gasteiger charge is -2.04. The molecule has 0 radical (unpaired) electrons. The van der Waals surface area contributed by atoms with Crippen molar-refractivity contribution in [1.82, 2.24) is 4.98 Å². The van der Waals surface area contributed by atoms with E-state index in [1.54, 1.807) is 0 Å². The quantitative estimate of drug-likeness (QED) is 0.666. The molecular weight excluding hydrogens is 202 g/mol. The van der Waals surface area contributed by atoms with Crippen molar-refractivity contribution in [3.05, 3.63) is 9.98 Å². The van der Waals surface area contributed by atoms with E-state index in [-0.39, 0.29) is 5.13 Å². The highest BCUT2D eigenvalue weighted by Gasteiger charge is 1.98. The van der Waals surface area contributed by atoms with Crippen LogP contribution < -0.4 is 4.90 Å². The van der Waals surface area contributed by atoms with E-state index in [1.807, 2.05) is 0 Å². The maximum atomic E-state index is 7.14. The first-order valence-electron chi connectivity index (χ1n) is 5.04. The molecule has 0 aliphatic rings. The molecule has 0 amide bonds. The Morgan fingerprint density at radius 3 is 3.11 bits per heavy atom. The zero-order chi connectivity index (χ0) is 11.9. The monoisotopic (exact) mass is 214 g/mol. The first kappa shape index (κ1) is 2.51. The van der Waals surface area contributed by atoms with Crippen LogP contribution in [0.3, 0.4) is 0 Å². The highest BCUT2D eigenvalue weighted by molar-refractivity contribution is 9.10. The summed E-state index contributed by atoms with van der Waals surface area (Å²) in [5.74, 6) is 0. The standard InChI is InChI=1S/C5H7BrN2S/c1-8(2)5-7-4(6)3-9-5/h3H,1-2H3/i1+1D3,2+1D3. The Bertz CT molecular complexity index is 330. The summed E-state index contributed by atoms with van der Waals surface area (Å²) in [4.78, 5) is 4.14. The van der Waals surface area contributed by atoms with E-state index in [1.165, 1.54) is 5.38 Å². The van der Waals surface area contributed by atoms with Crippen LogP contribution in [0.25, 0.3) is 0 Å². The Morgan fingerprint density at radius 1 is 1.89 bits per heavy atom. The molecule has 1 aromatic rings. The lowest BCUT2D eigenvalue weighted by Crippen LogP contribution is -2.07. The number of rotatable bonds is 1. The minimum absolute atomic E-state index is 0.0538. The Morgan fingerprint density at radius 2 is 2.67 bits per heavy atom. The van der Waals surface area contributed by atoms with Crippen molar-refractivity contribution in [1.29, 1.82) is 0 Å². The molecule has 0 aromatic carbocycles. The molecule has 1 heterocycles. The fraction of sp³-hybridized carbons (Fsp3) is 0.400. The van der Waals surface area contributed by atoms with E-state index in [0.29, 0.717) is 9.50 Å². The van der Waals surface area contributed by atoms with Gasteiger partial charge in [0.05, 0.1) is 0 Å². The van der Waals surface area contributed by atoms with Gasteiger partial charge in [-0.2, -0.15) is 0 Å². The molecule has 1 rings (SSSR count). The van der Waals surface area contributed by atoms with Crippen molar-refractivity contribution in [3.63, 3.8) is 0 Å². The summed E-state index contributed by atoms with van der Waals surface area (Å²) in [5, 5.41) is 1.47. The van der Waals surface area contributed by atoms with Gasteiger partial charge in [-0.15, -0.1) is 11.3 Å². The van der Waals surface area contributed by atoms with Gasteiger partial charge in [0.1, 0.15) is 4.60 Å². The molecule has 0 saturated carbocycles. The molecule has 0 aliphatic carbocycles. The third kappa shape index (κ3) is 1.66. The average molecular weight is 215 g/mol. The normalized spacial score (nSPS) is 22.3. The second kappa shape index (κ2) is 2.66. The summed E-state index contributed by atoms with van der Waals surface area (Å²) in [7, 11) is 0. The molecule has 0 unspecified atom stereocenters. The van der Waals surface area contributed by atoms with Crippen molar-refractivity contribution in [2.24, 2.45) is 0 Å². The minimum atomic E-state index is -2.73. The van der Waals surface area contributed by atoms with Crippen LogP contribution in [-0.2, 0) is 0 Å². The van der Waals surface area contributed by atoms with Crippen molar-refractivity contribution in [2.75, 3.05) is 18.9 Å². The average Bonchev–Trinajstić information content (AvgIpc) is 2.28. The largest absolute Gasteiger partial charge is 0.354 e. The number of aromatic nitrogens is 1. The molecule has 0 bridgehead atoms. The Balaban J connectivity index is 3.14. The Labute approximate surface area is 75.1 Å². The van der Waals surface area contributed by atoms with Crippen molar-refractivity contribution < 1.29 is 8.22 Å². The molecular formula is C5H7BrN2S. The van der Waals surface area contributed by atoms with Gasteiger partial charge in [-0.25, -0.2) is 4.98 Å². The van der Waals surface area contributed by atoms with E-state index < -0.39 is 14.0 Å². The van der Waals surface area contributed by atoms with Crippen LogP contribution in [0.15, 0.2) is 9.98 Å². The van der Waals surface area contributed by atoms with Crippen LogP contribution in [0, 0.1) is 0 Å². The number of hydrogen-bond acceptors (Lipinski definition) is 3. The molecule has 0 fully saturated rings. The molecule has 0 saturated heterocycles. The third-order valence-corrected chi connectivity index (χ3v) is 2.19. The SMILES string of the molecule is [2H][13C]([2H])([2H])N(c1nc(Br)cs1)[13C]([2H])([2H])[2H]. The summed E-state index contributed by atoms with van der Waals surface area (Å²) in [6.45, 7) is -5.47. The van der Waals surface area contributed by atoms with E-state index in [4.69, 9.17) is 8.22 Å². The lowest BCUT2D eigenvalue weighted by atomic mass is 11.0. The number of hydrogen-bond donors (Lipinski definition) is 0. The van der Waals surface area contributed by atoms with Gasteiger partial charge in [0.25, 0.3) is 0 Å². The zero-order valence-electron chi connectivity index (χ0n) is 10.3. The Hall–Kier alpha value is -0.0900. The van der Waals surface area contributed by atoms with E-state index in [9.17, 15) is 0 Å². The second-order valence-corrected chi connectivity index (χ2v) is 2.94. The maximum absolute atomic E-state index is 7.14. The van der Waals surface area contributed by atoms with Gasteiger partial charge in [-0.3, -0.25) is 0 Å². The molecule has 2 nitrogen and oxygen atoms in total. The van der Waals surface area contributed by atoms with Crippen LogP contribution in [0.5, 0.6) is 0 Å². The first-order valence-corrected chi connectivity index (χ1v) is 3.71. The van der Waals surface area contributed by atoms with E-state index in [0.717, 1.165) is 11.3 Å². The predicted molar refractivity (Wildman–Crippen MR) is 44.1 cm³/mol. The van der Waals surface area contributed by atoms with Crippen LogP contribution in [0.2, 0.25) is 0 Å². The van der Waals surface area contributed by atoms with Gasteiger partial charge < -0.3 is 4.90 Å². The molecule has 4 heteroatoms. The molecule has 50 valence electrons. The fourth-order valence-corrected chi connectivity index (χ4v) is 1.43. The summed E-state index contributed by atoms with van der Waals surface area (Å²) >= 11 is 4.00. The van der Waals surface area contributed by atoms with Gasteiger partial charge in [-0.05, 0) is 15.9 Å². The Kier molecular flexibility index (Phi) is 0.742. The van der Waals surface area contributed by atoms with Gasteiger partial charge >= 0.3 is 0 Å². The van der Waals surface area contributed by atoms with E-state index >= 15 is 0 Å². The molecule has 0 N–H and O–H groups in total. The van der Waals surface area contributed by atoms with Crippen LogP contribution in [0.4, 0.5) is 5.13 Å². The van der Waals surface area contributed by atoms with Gasteiger partial charge in [0.15, 0.2) is 5.13 Å². The minimum Gasteiger partial charge on any atom is -0.354 e. The lowest BCUT2D eigenvalue weighted by molar-refractivity contribution is 1.10. The summed E-state index contributed by atoms with van der Waals surface area (Å²) in [6, 6.07) is 0. The van der Waals surface area contributed by atoms with Crippen molar-refractivity contribution in [3.8, 4) is 0 Å². The van der Waals surface area contributed by atoms with Crippen LogP contribution >= 0.6 is 27.3 Å². The van der Waals surface area contributed by atoms with Crippen molar-refractivity contribution in [2.45, 2.75) is 0 Å². The molecule has 1 aromatic heterocycles. The molecule has 9 heavy (non-hydrogen) atoms. The van der Waals surface area contributed by atoms with E-state index in [2.05, 4.69) is 20.9 Å². The highest BCUT2D eigenvalue weighted by Crippen LogP contribution is 2.20. The third-order valence-electron chi connectivity index (χ3n) is 0.655. The summed E-state index contributed by atoms with van der Waals surface area (Å²) in [5.41, 5.74) is 0. The second-order valence-electron chi connectivity index (χ2n) is 1.29. The van der Waals surface area contributed by atoms with Crippen molar-refractivity contribution >= 4 is 32.4 Å². The van der Waals surface area contributed by atoms with Crippen LogP contribution in [-0.4, -0.2) is 18.9 Å². The number of nitrogens with zero attached hydrogens (tertiary/aromatic N) is 2. The number of thiazole rings is 1. The summed E-state index contributed by atoms with van der Waals surface area (Å²) < 4.78 is 43.3. The topological polar surface area (TPSA) is 16.1 Å². The van der Waals surface area contributed by atoms with Gasteiger partial charge in [-0.1, -0.05) is 0 Å². The highest BCUT2D eigenvalue weighted by atomic mass is 79.9. The smallest absolute Gasteiger partial charge is 0.185 e. The molecule has 0 aliphatic heterocycles. The summed E-state index contributed by atoms with van der Waals surface area (Å²) in [6.07, 6.45) is 0. The first-order chi connectivity index (χ1) is 6.62. The number of halogens is 1. The van der Waals surface area contributed by atoms with Gasteiger partial charge in [0.2, 0.25) is 0 Å². The predicted octanol–water partition coefficient (Wildman–Crippen LogP) is 1.97. The van der Waals surface area contributed by atoms with Gasteiger partial charge in [0, 0.05) is 27.6 Å². The van der Waals surface area contributed by atoms with Crippen LogP contribution in [0.1, 0.15) is 8.22 Å². The number of anilines is 1. The maximum Gasteiger partial charge on any atom is 0.185 e.